The molecular weight excluding hydrogens is 426 g/mol. The summed E-state index contributed by atoms with van der Waals surface area (Å²) in [4.78, 5) is 30.7. The average molecular weight is 458 g/mol. The van der Waals surface area contributed by atoms with Crippen molar-refractivity contribution in [1.29, 1.82) is 0 Å². The van der Waals surface area contributed by atoms with Crippen molar-refractivity contribution in [3.63, 3.8) is 0 Å². The quantitative estimate of drug-likeness (QED) is 0.692. The van der Waals surface area contributed by atoms with E-state index in [2.05, 4.69) is 22.3 Å². The molecule has 1 aromatic carbocycles. The zero-order chi connectivity index (χ0) is 22.3. The SMILES string of the molecule is COc1ccc(C(CNC(=O)C2CCCN(C(=O)c3cccs3)C2)N2CCOCC2)cc1. The van der Waals surface area contributed by atoms with Crippen molar-refractivity contribution >= 4 is 23.2 Å². The molecule has 2 unspecified atom stereocenters. The summed E-state index contributed by atoms with van der Waals surface area (Å²) in [5.74, 6) is 0.701. The van der Waals surface area contributed by atoms with Crippen LogP contribution in [-0.4, -0.2) is 74.7 Å². The average Bonchev–Trinajstić information content (AvgIpc) is 3.40. The fourth-order valence-corrected chi connectivity index (χ4v) is 5.14. The number of ether oxygens (including phenoxy) is 2. The second-order valence-corrected chi connectivity index (χ2v) is 9.20. The van der Waals surface area contributed by atoms with E-state index in [9.17, 15) is 9.59 Å². The maximum absolute atomic E-state index is 13.1. The van der Waals surface area contributed by atoms with E-state index in [1.54, 1.807) is 7.11 Å². The number of benzene rings is 1. The lowest BCUT2D eigenvalue weighted by Gasteiger charge is -2.36. The van der Waals surface area contributed by atoms with Crippen LogP contribution in [0.5, 0.6) is 5.75 Å². The molecule has 7 nitrogen and oxygen atoms in total. The summed E-state index contributed by atoms with van der Waals surface area (Å²) in [6.45, 7) is 4.78. The van der Waals surface area contributed by atoms with Crippen molar-refractivity contribution < 1.29 is 19.1 Å². The summed E-state index contributed by atoms with van der Waals surface area (Å²) < 4.78 is 10.8. The van der Waals surface area contributed by atoms with Crippen LogP contribution in [0.2, 0.25) is 0 Å². The Kier molecular flexibility index (Phi) is 7.78. The van der Waals surface area contributed by atoms with Gasteiger partial charge in [0.25, 0.3) is 5.91 Å². The predicted octanol–water partition coefficient (Wildman–Crippen LogP) is 2.80. The van der Waals surface area contributed by atoms with Gasteiger partial charge in [0.2, 0.25) is 5.91 Å². The van der Waals surface area contributed by atoms with Crippen LogP contribution in [0.1, 0.15) is 34.1 Å². The maximum Gasteiger partial charge on any atom is 0.263 e. The highest BCUT2D eigenvalue weighted by Crippen LogP contribution is 2.25. The van der Waals surface area contributed by atoms with Crippen molar-refractivity contribution in [3.05, 3.63) is 52.2 Å². The number of morpholine rings is 1. The van der Waals surface area contributed by atoms with Gasteiger partial charge in [0.15, 0.2) is 0 Å². The van der Waals surface area contributed by atoms with E-state index < -0.39 is 0 Å². The Morgan fingerprint density at radius 3 is 2.66 bits per heavy atom. The van der Waals surface area contributed by atoms with Crippen molar-refractivity contribution in [2.75, 3.05) is 53.0 Å². The smallest absolute Gasteiger partial charge is 0.263 e. The molecular formula is C24H31N3O4S. The Labute approximate surface area is 193 Å². The summed E-state index contributed by atoms with van der Waals surface area (Å²) in [5.41, 5.74) is 1.14. The summed E-state index contributed by atoms with van der Waals surface area (Å²) in [7, 11) is 1.66. The highest BCUT2D eigenvalue weighted by molar-refractivity contribution is 7.12. The van der Waals surface area contributed by atoms with E-state index in [-0.39, 0.29) is 23.8 Å². The molecule has 2 aliphatic heterocycles. The van der Waals surface area contributed by atoms with Crippen molar-refractivity contribution in [2.24, 2.45) is 5.92 Å². The van der Waals surface area contributed by atoms with E-state index in [0.717, 1.165) is 42.1 Å². The van der Waals surface area contributed by atoms with Crippen molar-refractivity contribution in [2.45, 2.75) is 18.9 Å². The van der Waals surface area contributed by atoms with E-state index in [1.165, 1.54) is 11.3 Å². The first-order valence-electron chi connectivity index (χ1n) is 11.2. The van der Waals surface area contributed by atoms with Crippen LogP contribution in [0.25, 0.3) is 0 Å². The van der Waals surface area contributed by atoms with E-state index >= 15 is 0 Å². The Bertz CT molecular complexity index is 881. The van der Waals surface area contributed by atoms with Gasteiger partial charge in [-0.1, -0.05) is 18.2 Å². The lowest BCUT2D eigenvalue weighted by atomic mass is 9.96. The number of methoxy groups -OCH3 is 1. The van der Waals surface area contributed by atoms with Gasteiger partial charge in [-0.2, -0.15) is 0 Å². The van der Waals surface area contributed by atoms with Gasteiger partial charge in [-0.25, -0.2) is 0 Å². The molecule has 2 atom stereocenters. The number of nitrogens with zero attached hydrogens (tertiary/aromatic N) is 2. The molecule has 2 saturated heterocycles. The van der Waals surface area contributed by atoms with Gasteiger partial charge in [0.05, 0.1) is 37.2 Å². The number of hydrogen-bond acceptors (Lipinski definition) is 6. The zero-order valence-electron chi connectivity index (χ0n) is 18.5. The molecule has 1 aromatic heterocycles. The van der Waals surface area contributed by atoms with E-state index in [4.69, 9.17) is 9.47 Å². The molecule has 4 rings (SSSR count). The highest BCUT2D eigenvalue weighted by atomic mass is 32.1. The van der Waals surface area contributed by atoms with Crippen LogP contribution in [-0.2, 0) is 9.53 Å². The summed E-state index contributed by atoms with van der Waals surface area (Å²) >= 11 is 1.45. The highest BCUT2D eigenvalue weighted by Gasteiger charge is 2.30. The Morgan fingerprint density at radius 1 is 1.19 bits per heavy atom. The Hall–Kier alpha value is -2.42. The first-order chi connectivity index (χ1) is 15.7. The molecule has 2 fully saturated rings. The van der Waals surface area contributed by atoms with Crippen LogP contribution in [0.4, 0.5) is 0 Å². The molecule has 172 valence electrons. The molecule has 2 amide bonds. The number of hydrogen-bond donors (Lipinski definition) is 1. The Morgan fingerprint density at radius 2 is 1.97 bits per heavy atom. The minimum absolute atomic E-state index is 0.0282. The van der Waals surface area contributed by atoms with Gasteiger partial charge in [-0.15, -0.1) is 11.3 Å². The molecule has 32 heavy (non-hydrogen) atoms. The van der Waals surface area contributed by atoms with E-state index in [1.807, 2.05) is 34.5 Å². The zero-order valence-corrected chi connectivity index (χ0v) is 19.3. The molecule has 0 aliphatic carbocycles. The fraction of sp³-hybridized carbons (Fsp3) is 0.500. The largest absolute Gasteiger partial charge is 0.497 e. The van der Waals surface area contributed by atoms with E-state index in [0.29, 0.717) is 32.8 Å². The van der Waals surface area contributed by atoms with Gasteiger partial charge in [-0.05, 0) is 42.0 Å². The number of rotatable bonds is 7. The number of nitrogens with one attached hydrogen (secondary N) is 1. The number of piperidine rings is 1. The summed E-state index contributed by atoms with van der Waals surface area (Å²) in [6.07, 6.45) is 1.66. The number of likely N-dealkylation sites (tertiary alicyclic amines) is 1. The minimum Gasteiger partial charge on any atom is -0.497 e. The van der Waals surface area contributed by atoms with Gasteiger partial charge in [-0.3, -0.25) is 14.5 Å². The van der Waals surface area contributed by atoms with Gasteiger partial charge in [0, 0.05) is 32.7 Å². The summed E-state index contributed by atoms with van der Waals surface area (Å²) in [5, 5.41) is 5.09. The van der Waals surface area contributed by atoms with Gasteiger partial charge >= 0.3 is 0 Å². The minimum atomic E-state index is -0.172. The lowest BCUT2D eigenvalue weighted by Crippen LogP contribution is -2.48. The molecule has 0 spiro atoms. The van der Waals surface area contributed by atoms with Crippen LogP contribution in [0.15, 0.2) is 41.8 Å². The first kappa shape index (κ1) is 22.8. The summed E-state index contributed by atoms with van der Waals surface area (Å²) in [6, 6.07) is 11.8. The van der Waals surface area contributed by atoms with Crippen LogP contribution in [0.3, 0.4) is 0 Å². The standard InChI is InChI=1S/C24H31N3O4S/c1-30-20-8-6-18(7-9-20)21(26-11-13-31-14-12-26)16-25-23(28)19-4-2-10-27(17-19)24(29)22-5-3-15-32-22/h3,5-9,15,19,21H,2,4,10-14,16-17H2,1H3,(H,25,28). The third kappa shape index (κ3) is 5.49. The number of carbonyl (C=O) groups is 2. The predicted molar refractivity (Wildman–Crippen MR) is 124 cm³/mol. The first-order valence-corrected chi connectivity index (χ1v) is 12.1. The number of amides is 2. The van der Waals surface area contributed by atoms with Crippen LogP contribution >= 0.6 is 11.3 Å². The molecule has 2 aromatic rings. The fourth-order valence-electron chi connectivity index (χ4n) is 4.45. The Balaban J connectivity index is 1.39. The maximum atomic E-state index is 13.1. The second-order valence-electron chi connectivity index (χ2n) is 8.25. The molecule has 3 heterocycles. The molecule has 1 N–H and O–H groups in total. The molecule has 2 aliphatic rings. The van der Waals surface area contributed by atoms with Crippen molar-refractivity contribution in [1.82, 2.24) is 15.1 Å². The normalized spacial score (nSPS) is 20.5. The van der Waals surface area contributed by atoms with Gasteiger partial charge < -0.3 is 19.7 Å². The third-order valence-corrected chi connectivity index (χ3v) is 7.13. The third-order valence-electron chi connectivity index (χ3n) is 6.27. The topological polar surface area (TPSA) is 71.1 Å². The van der Waals surface area contributed by atoms with Gasteiger partial charge in [0.1, 0.15) is 5.75 Å². The molecule has 0 bridgehead atoms. The number of thiophene rings is 1. The number of carbonyl (C=O) groups excluding carboxylic acids is 2. The second kappa shape index (κ2) is 10.9. The van der Waals surface area contributed by atoms with Crippen molar-refractivity contribution in [3.8, 4) is 5.75 Å². The van der Waals surface area contributed by atoms with Crippen LogP contribution in [0, 0.1) is 5.92 Å². The lowest BCUT2D eigenvalue weighted by molar-refractivity contribution is -0.126. The molecule has 0 saturated carbocycles. The molecule has 8 heteroatoms. The molecule has 0 radical (unpaired) electrons. The monoisotopic (exact) mass is 457 g/mol. The van der Waals surface area contributed by atoms with Crippen LogP contribution < -0.4 is 10.1 Å².